The topological polar surface area (TPSA) is 17.8 Å². The van der Waals surface area contributed by atoms with Crippen molar-refractivity contribution < 1.29 is 0 Å². The Labute approximate surface area is 90.9 Å². The van der Waals surface area contributed by atoms with Crippen LogP contribution in [0.4, 0.5) is 0 Å². The maximum Gasteiger partial charge on any atom is 0.0960 e. The van der Waals surface area contributed by atoms with Crippen LogP contribution in [0.2, 0.25) is 0 Å². The quantitative estimate of drug-likeness (QED) is 0.742. The molecule has 1 heterocycles. The summed E-state index contributed by atoms with van der Waals surface area (Å²) in [6.07, 6.45) is 4.30. The highest BCUT2D eigenvalue weighted by atomic mass is 15.1. The fourth-order valence-electron chi connectivity index (χ4n) is 2.11. The molecule has 1 aromatic heterocycles. The Morgan fingerprint density at radius 2 is 2.00 bits per heavy atom. The van der Waals surface area contributed by atoms with Gasteiger partial charge in [0, 0.05) is 6.04 Å². The molecular formula is C13H18N2. The normalized spacial score (nSPS) is 11.5. The molecule has 0 aliphatic heterocycles. The first-order chi connectivity index (χ1) is 7.26. The Kier molecular flexibility index (Phi) is 2.76. The minimum absolute atomic E-state index is 0.581. The maximum absolute atomic E-state index is 4.46. The van der Waals surface area contributed by atoms with Crippen LogP contribution >= 0.6 is 0 Å². The first-order valence-corrected chi connectivity index (χ1v) is 5.69. The van der Waals surface area contributed by atoms with Gasteiger partial charge in [0.25, 0.3) is 0 Å². The van der Waals surface area contributed by atoms with E-state index in [1.807, 2.05) is 6.33 Å². The molecule has 2 aromatic rings. The van der Waals surface area contributed by atoms with E-state index in [0.29, 0.717) is 6.04 Å². The van der Waals surface area contributed by atoms with Gasteiger partial charge in [0.1, 0.15) is 0 Å². The molecule has 0 radical (unpaired) electrons. The lowest BCUT2D eigenvalue weighted by Gasteiger charge is -2.15. The van der Waals surface area contributed by atoms with Gasteiger partial charge in [-0.3, -0.25) is 0 Å². The van der Waals surface area contributed by atoms with Crippen molar-refractivity contribution in [3.05, 3.63) is 30.1 Å². The summed E-state index contributed by atoms with van der Waals surface area (Å²) in [5.74, 6) is 0. The molecule has 1 aromatic carbocycles. The predicted octanol–water partition coefficient (Wildman–Crippen LogP) is 3.71. The largest absolute Gasteiger partial charge is 0.327 e. The van der Waals surface area contributed by atoms with E-state index in [2.05, 4.69) is 48.5 Å². The van der Waals surface area contributed by atoms with Gasteiger partial charge in [0.15, 0.2) is 0 Å². The summed E-state index contributed by atoms with van der Waals surface area (Å²) in [7, 11) is 0. The molecular weight excluding hydrogens is 184 g/mol. The fourth-order valence-corrected chi connectivity index (χ4v) is 2.11. The Hall–Kier alpha value is -1.31. The molecule has 0 spiro atoms. The van der Waals surface area contributed by atoms with Crippen LogP contribution in [0, 0.1) is 6.92 Å². The average molecular weight is 202 g/mol. The number of hydrogen-bond acceptors (Lipinski definition) is 1. The molecule has 0 fully saturated rings. The van der Waals surface area contributed by atoms with Crippen LogP contribution < -0.4 is 0 Å². The minimum atomic E-state index is 0.581. The zero-order chi connectivity index (χ0) is 10.8. The lowest BCUT2D eigenvalue weighted by atomic mass is 10.1. The average Bonchev–Trinajstić information content (AvgIpc) is 2.63. The van der Waals surface area contributed by atoms with Crippen molar-refractivity contribution >= 4 is 11.0 Å². The van der Waals surface area contributed by atoms with E-state index in [4.69, 9.17) is 0 Å². The Bertz CT molecular complexity index is 453. The van der Waals surface area contributed by atoms with Gasteiger partial charge in [-0.1, -0.05) is 19.9 Å². The summed E-state index contributed by atoms with van der Waals surface area (Å²) in [4.78, 5) is 4.46. The van der Waals surface area contributed by atoms with Gasteiger partial charge in [-0.2, -0.15) is 0 Å². The lowest BCUT2D eigenvalue weighted by molar-refractivity contribution is 0.483. The molecule has 0 amide bonds. The van der Waals surface area contributed by atoms with Crippen LogP contribution in [-0.2, 0) is 0 Å². The molecule has 0 saturated carbocycles. The minimum Gasteiger partial charge on any atom is -0.327 e. The number of hydrogen-bond donors (Lipinski definition) is 0. The van der Waals surface area contributed by atoms with Crippen LogP contribution in [-0.4, -0.2) is 9.55 Å². The number of fused-ring (bicyclic) bond motifs is 1. The highest BCUT2D eigenvalue weighted by Gasteiger charge is 2.09. The third-order valence-corrected chi connectivity index (χ3v) is 3.07. The Morgan fingerprint density at radius 3 is 2.67 bits per heavy atom. The number of nitrogens with zero attached hydrogens (tertiary/aromatic N) is 2. The van der Waals surface area contributed by atoms with Crippen molar-refractivity contribution in [2.24, 2.45) is 0 Å². The zero-order valence-electron chi connectivity index (χ0n) is 9.70. The SMILES string of the molecule is CCC(CC)n1cnc2cc(C)ccc21. The second kappa shape index (κ2) is 4.05. The highest BCUT2D eigenvalue weighted by Crippen LogP contribution is 2.22. The number of benzene rings is 1. The van der Waals surface area contributed by atoms with E-state index in [1.54, 1.807) is 0 Å². The van der Waals surface area contributed by atoms with E-state index in [1.165, 1.54) is 11.1 Å². The van der Waals surface area contributed by atoms with Crippen LogP contribution in [0.15, 0.2) is 24.5 Å². The Balaban J connectivity index is 2.53. The van der Waals surface area contributed by atoms with Gasteiger partial charge in [-0.25, -0.2) is 4.98 Å². The smallest absolute Gasteiger partial charge is 0.0960 e. The Morgan fingerprint density at radius 1 is 1.27 bits per heavy atom. The molecule has 0 unspecified atom stereocenters. The molecule has 0 aliphatic carbocycles. The highest BCUT2D eigenvalue weighted by molar-refractivity contribution is 5.76. The maximum atomic E-state index is 4.46. The van der Waals surface area contributed by atoms with Crippen molar-refractivity contribution in [2.45, 2.75) is 39.7 Å². The van der Waals surface area contributed by atoms with Crippen molar-refractivity contribution in [1.82, 2.24) is 9.55 Å². The molecule has 2 heteroatoms. The molecule has 15 heavy (non-hydrogen) atoms. The summed E-state index contributed by atoms with van der Waals surface area (Å²) in [5, 5.41) is 0. The number of rotatable bonds is 3. The summed E-state index contributed by atoms with van der Waals surface area (Å²) in [6, 6.07) is 7.06. The van der Waals surface area contributed by atoms with E-state index in [9.17, 15) is 0 Å². The van der Waals surface area contributed by atoms with Crippen molar-refractivity contribution in [3.8, 4) is 0 Å². The third-order valence-electron chi connectivity index (χ3n) is 3.07. The van der Waals surface area contributed by atoms with Gasteiger partial charge < -0.3 is 4.57 Å². The van der Waals surface area contributed by atoms with Crippen LogP contribution in [0.3, 0.4) is 0 Å². The van der Waals surface area contributed by atoms with Crippen LogP contribution in [0.25, 0.3) is 11.0 Å². The zero-order valence-corrected chi connectivity index (χ0v) is 9.70. The first-order valence-electron chi connectivity index (χ1n) is 5.69. The summed E-state index contributed by atoms with van der Waals surface area (Å²) < 4.78 is 2.30. The summed E-state index contributed by atoms with van der Waals surface area (Å²) in [5.41, 5.74) is 3.65. The molecule has 0 N–H and O–H groups in total. The summed E-state index contributed by atoms with van der Waals surface area (Å²) in [6.45, 7) is 6.57. The van der Waals surface area contributed by atoms with Gasteiger partial charge in [0.2, 0.25) is 0 Å². The second-order valence-corrected chi connectivity index (χ2v) is 4.11. The van der Waals surface area contributed by atoms with E-state index < -0.39 is 0 Å². The second-order valence-electron chi connectivity index (χ2n) is 4.11. The number of imidazole rings is 1. The van der Waals surface area contributed by atoms with E-state index >= 15 is 0 Å². The van der Waals surface area contributed by atoms with E-state index in [0.717, 1.165) is 18.4 Å². The van der Waals surface area contributed by atoms with Crippen molar-refractivity contribution in [1.29, 1.82) is 0 Å². The molecule has 80 valence electrons. The van der Waals surface area contributed by atoms with Crippen molar-refractivity contribution in [2.75, 3.05) is 0 Å². The summed E-state index contributed by atoms with van der Waals surface area (Å²) >= 11 is 0. The lowest BCUT2D eigenvalue weighted by Crippen LogP contribution is -2.04. The standard InChI is InChI=1S/C13H18N2/c1-4-11(5-2)15-9-14-12-8-10(3)6-7-13(12)15/h6-9,11H,4-5H2,1-3H3. The van der Waals surface area contributed by atoms with Gasteiger partial charge >= 0.3 is 0 Å². The monoisotopic (exact) mass is 202 g/mol. The van der Waals surface area contributed by atoms with Crippen LogP contribution in [0.5, 0.6) is 0 Å². The molecule has 2 nitrogen and oxygen atoms in total. The number of aromatic nitrogens is 2. The fraction of sp³-hybridized carbons (Fsp3) is 0.462. The molecule has 0 bridgehead atoms. The molecule has 0 atom stereocenters. The van der Waals surface area contributed by atoms with Crippen molar-refractivity contribution in [3.63, 3.8) is 0 Å². The molecule has 0 aliphatic rings. The first kappa shape index (κ1) is 10.2. The van der Waals surface area contributed by atoms with E-state index in [-0.39, 0.29) is 0 Å². The van der Waals surface area contributed by atoms with Crippen LogP contribution in [0.1, 0.15) is 38.3 Å². The van der Waals surface area contributed by atoms with Gasteiger partial charge in [0.05, 0.1) is 17.4 Å². The third kappa shape index (κ3) is 1.76. The van der Waals surface area contributed by atoms with Gasteiger partial charge in [-0.05, 0) is 37.5 Å². The predicted molar refractivity (Wildman–Crippen MR) is 64.1 cm³/mol. The molecule has 0 saturated heterocycles. The van der Waals surface area contributed by atoms with Gasteiger partial charge in [-0.15, -0.1) is 0 Å². The molecule has 2 rings (SSSR count). The number of aryl methyl sites for hydroxylation is 1.